The maximum Gasteiger partial charge on any atom is 0.253 e. The van der Waals surface area contributed by atoms with Gasteiger partial charge in [0.05, 0.1) is 30.3 Å². The summed E-state index contributed by atoms with van der Waals surface area (Å²) in [5.41, 5.74) is 1.21. The molecule has 0 saturated heterocycles. The Bertz CT molecular complexity index is 728. The van der Waals surface area contributed by atoms with Crippen LogP contribution in [0.1, 0.15) is 42.5 Å². The van der Waals surface area contributed by atoms with Crippen LogP contribution in [0.4, 0.5) is 5.69 Å². The average molecular weight is 389 g/mol. The predicted molar refractivity (Wildman–Crippen MR) is 108 cm³/mol. The summed E-state index contributed by atoms with van der Waals surface area (Å²) in [6.07, 6.45) is 4.50. The van der Waals surface area contributed by atoms with Gasteiger partial charge in [-0.15, -0.1) is 0 Å². The van der Waals surface area contributed by atoms with Gasteiger partial charge in [0.2, 0.25) is 5.91 Å². The van der Waals surface area contributed by atoms with Crippen LogP contribution in [0.25, 0.3) is 0 Å². The Hall–Kier alpha value is -2.28. The molecule has 1 heterocycles. The van der Waals surface area contributed by atoms with E-state index in [9.17, 15) is 9.59 Å². The molecule has 0 radical (unpaired) electrons. The smallest absolute Gasteiger partial charge is 0.253 e. The molecule has 1 aliphatic heterocycles. The molecule has 7 heteroatoms. The van der Waals surface area contributed by atoms with Crippen LogP contribution in [-0.2, 0) is 9.53 Å². The van der Waals surface area contributed by atoms with E-state index < -0.39 is 0 Å². The zero-order valence-corrected chi connectivity index (χ0v) is 17.3. The van der Waals surface area contributed by atoms with Gasteiger partial charge in [-0.3, -0.25) is 9.59 Å². The standard InChI is InChI=1S/C21H31N3O4/c1-23(2)20(26)15-7-8-18-17(11-15)24(3)16(13-28-18)12-19(25)22-21(14-27-4)9-5-6-10-21/h7-8,11,16H,5-6,9-10,12-14H2,1-4H3,(H,22,25). The molecule has 1 aromatic carbocycles. The maximum absolute atomic E-state index is 12.8. The number of hydrogen-bond acceptors (Lipinski definition) is 5. The first-order valence-corrected chi connectivity index (χ1v) is 9.86. The first-order valence-electron chi connectivity index (χ1n) is 9.86. The van der Waals surface area contributed by atoms with E-state index in [1.165, 1.54) is 0 Å². The molecule has 1 aromatic rings. The van der Waals surface area contributed by atoms with Crippen LogP contribution in [0.15, 0.2) is 18.2 Å². The lowest BCUT2D eigenvalue weighted by Gasteiger charge is -2.37. The number of amides is 2. The van der Waals surface area contributed by atoms with Gasteiger partial charge < -0.3 is 24.6 Å². The number of methoxy groups -OCH3 is 1. The van der Waals surface area contributed by atoms with E-state index in [1.54, 1.807) is 32.2 Å². The summed E-state index contributed by atoms with van der Waals surface area (Å²) in [6, 6.07) is 5.35. The molecular formula is C21H31N3O4. The second kappa shape index (κ2) is 8.39. The number of ether oxygens (including phenoxy) is 2. The van der Waals surface area contributed by atoms with Gasteiger partial charge in [0.1, 0.15) is 12.4 Å². The van der Waals surface area contributed by atoms with E-state index >= 15 is 0 Å². The molecule has 3 rings (SSSR count). The first kappa shape index (κ1) is 20.5. The molecule has 1 unspecified atom stereocenters. The zero-order chi connectivity index (χ0) is 20.3. The number of nitrogens with one attached hydrogen (secondary N) is 1. The number of rotatable bonds is 6. The third-order valence-electron chi connectivity index (χ3n) is 5.78. The molecule has 0 spiro atoms. The van der Waals surface area contributed by atoms with Crippen molar-refractivity contribution in [1.29, 1.82) is 0 Å². The van der Waals surface area contributed by atoms with Crippen molar-refractivity contribution in [3.8, 4) is 5.75 Å². The highest BCUT2D eigenvalue weighted by atomic mass is 16.5. The van der Waals surface area contributed by atoms with E-state index in [4.69, 9.17) is 9.47 Å². The van der Waals surface area contributed by atoms with Gasteiger partial charge in [-0.05, 0) is 31.0 Å². The second-order valence-corrected chi connectivity index (χ2v) is 8.13. The molecule has 154 valence electrons. The third-order valence-corrected chi connectivity index (χ3v) is 5.78. The number of benzene rings is 1. The number of hydrogen-bond donors (Lipinski definition) is 1. The summed E-state index contributed by atoms with van der Waals surface area (Å²) in [6.45, 7) is 0.990. The van der Waals surface area contributed by atoms with Crippen LogP contribution >= 0.6 is 0 Å². The van der Waals surface area contributed by atoms with Crippen molar-refractivity contribution >= 4 is 17.5 Å². The van der Waals surface area contributed by atoms with Crippen molar-refractivity contribution in [2.75, 3.05) is 46.4 Å². The number of nitrogens with zero attached hydrogens (tertiary/aromatic N) is 2. The number of carbonyl (C=O) groups excluding carboxylic acids is 2. The van der Waals surface area contributed by atoms with Gasteiger partial charge in [-0.1, -0.05) is 12.8 Å². The van der Waals surface area contributed by atoms with Crippen LogP contribution < -0.4 is 15.0 Å². The maximum atomic E-state index is 12.8. The lowest BCUT2D eigenvalue weighted by molar-refractivity contribution is -0.124. The van der Waals surface area contributed by atoms with Gasteiger partial charge in [-0.2, -0.15) is 0 Å². The Kier molecular flexibility index (Phi) is 6.13. The number of fused-ring (bicyclic) bond motifs is 1. The Labute approximate surface area is 167 Å². The van der Waals surface area contributed by atoms with Crippen molar-refractivity contribution in [3.63, 3.8) is 0 Å². The van der Waals surface area contributed by atoms with E-state index in [2.05, 4.69) is 5.32 Å². The summed E-state index contributed by atoms with van der Waals surface area (Å²) in [7, 11) is 7.09. The van der Waals surface area contributed by atoms with Gasteiger partial charge in [0.25, 0.3) is 5.91 Å². The van der Waals surface area contributed by atoms with Crippen molar-refractivity contribution in [3.05, 3.63) is 23.8 Å². The Morgan fingerprint density at radius 2 is 2.04 bits per heavy atom. The molecular weight excluding hydrogens is 358 g/mol. The molecule has 0 bridgehead atoms. The number of carbonyl (C=O) groups is 2. The van der Waals surface area contributed by atoms with Crippen LogP contribution in [0.5, 0.6) is 5.75 Å². The molecule has 7 nitrogen and oxygen atoms in total. The lowest BCUT2D eigenvalue weighted by Crippen LogP contribution is -2.52. The quantitative estimate of drug-likeness (QED) is 0.806. The molecule has 1 N–H and O–H groups in total. The molecule has 28 heavy (non-hydrogen) atoms. The molecule has 1 saturated carbocycles. The highest BCUT2D eigenvalue weighted by Crippen LogP contribution is 2.35. The fourth-order valence-corrected chi connectivity index (χ4v) is 4.19. The summed E-state index contributed by atoms with van der Waals surface area (Å²) < 4.78 is 11.2. The molecule has 2 aliphatic rings. The van der Waals surface area contributed by atoms with Crippen LogP contribution in [0.3, 0.4) is 0 Å². The van der Waals surface area contributed by atoms with E-state index in [-0.39, 0.29) is 23.4 Å². The number of anilines is 1. The minimum Gasteiger partial charge on any atom is -0.489 e. The van der Waals surface area contributed by atoms with Crippen LogP contribution in [-0.4, -0.2) is 69.8 Å². The molecule has 1 atom stereocenters. The SMILES string of the molecule is COCC1(NC(=O)CC2COc3ccc(C(=O)N(C)C)cc3N2C)CCCC1. The third kappa shape index (κ3) is 4.24. The Morgan fingerprint density at radius 3 is 2.68 bits per heavy atom. The summed E-state index contributed by atoms with van der Waals surface area (Å²) in [4.78, 5) is 28.6. The highest BCUT2D eigenvalue weighted by Gasteiger charge is 2.36. The van der Waals surface area contributed by atoms with E-state index in [1.807, 2.05) is 24.1 Å². The van der Waals surface area contributed by atoms with Gasteiger partial charge >= 0.3 is 0 Å². The molecule has 1 fully saturated rings. The molecule has 0 aromatic heterocycles. The van der Waals surface area contributed by atoms with Crippen LogP contribution in [0, 0.1) is 0 Å². The minimum absolute atomic E-state index is 0.0170. The fourth-order valence-electron chi connectivity index (χ4n) is 4.19. The summed E-state index contributed by atoms with van der Waals surface area (Å²) in [5, 5.41) is 3.22. The predicted octanol–water partition coefficient (Wildman–Crippen LogP) is 2.05. The van der Waals surface area contributed by atoms with Crippen molar-refractivity contribution in [2.24, 2.45) is 0 Å². The van der Waals surface area contributed by atoms with Crippen LogP contribution in [0.2, 0.25) is 0 Å². The lowest BCUT2D eigenvalue weighted by atomic mass is 9.98. The highest BCUT2D eigenvalue weighted by molar-refractivity contribution is 5.95. The first-order chi connectivity index (χ1) is 13.3. The fraction of sp³-hybridized carbons (Fsp3) is 0.619. The second-order valence-electron chi connectivity index (χ2n) is 8.13. The zero-order valence-electron chi connectivity index (χ0n) is 17.3. The molecule has 2 amide bonds. The normalized spacial score (nSPS) is 20.3. The Balaban J connectivity index is 1.69. The van der Waals surface area contributed by atoms with Gasteiger partial charge in [0.15, 0.2) is 0 Å². The van der Waals surface area contributed by atoms with Crippen molar-refractivity contribution < 1.29 is 19.1 Å². The van der Waals surface area contributed by atoms with E-state index in [0.29, 0.717) is 25.2 Å². The monoisotopic (exact) mass is 389 g/mol. The minimum atomic E-state index is -0.233. The summed E-state index contributed by atoms with van der Waals surface area (Å²) in [5.74, 6) is 0.697. The van der Waals surface area contributed by atoms with Crippen molar-refractivity contribution in [2.45, 2.75) is 43.7 Å². The van der Waals surface area contributed by atoms with Crippen molar-refractivity contribution in [1.82, 2.24) is 10.2 Å². The van der Waals surface area contributed by atoms with E-state index in [0.717, 1.165) is 37.1 Å². The largest absolute Gasteiger partial charge is 0.489 e. The number of likely N-dealkylation sites (N-methyl/N-ethyl adjacent to an activating group) is 1. The molecule has 1 aliphatic carbocycles. The van der Waals surface area contributed by atoms with Gasteiger partial charge in [0, 0.05) is 33.8 Å². The summed E-state index contributed by atoms with van der Waals surface area (Å²) >= 11 is 0. The average Bonchev–Trinajstić information content (AvgIpc) is 3.11. The van der Waals surface area contributed by atoms with Gasteiger partial charge in [-0.25, -0.2) is 0 Å². The topological polar surface area (TPSA) is 71.1 Å². The Morgan fingerprint density at radius 1 is 1.32 bits per heavy atom.